The number of carbonyl (C=O) groups is 2. The van der Waals surface area contributed by atoms with Gasteiger partial charge in [0.05, 0.1) is 26.0 Å². The van der Waals surface area contributed by atoms with Gasteiger partial charge in [-0.05, 0) is 47.5 Å². The smallest absolute Gasteiger partial charge is 0.281 e. The van der Waals surface area contributed by atoms with Crippen LogP contribution in [0.1, 0.15) is 33.9 Å². The van der Waals surface area contributed by atoms with E-state index in [0.29, 0.717) is 29.2 Å². The molecule has 1 amide bonds. The van der Waals surface area contributed by atoms with E-state index in [2.05, 4.69) is 21.0 Å². The van der Waals surface area contributed by atoms with Gasteiger partial charge in [0.1, 0.15) is 12.0 Å². The fourth-order valence-corrected chi connectivity index (χ4v) is 4.19. The summed E-state index contributed by atoms with van der Waals surface area (Å²) in [7, 11) is 3.15. The molecule has 0 fully saturated rings. The fourth-order valence-electron chi connectivity index (χ4n) is 3.79. The fraction of sp³-hybridized carbons (Fsp3) is 0.192. The van der Waals surface area contributed by atoms with Crippen LogP contribution in [-0.4, -0.2) is 43.7 Å². The van der Waals surface area contributed by atoms with Crippen molar-refractivity contribution < 1.29 is 23.8 Å². The SMILES string of the molecule is COc1ccc(C2CC(c3cccc(Br)c3)=NN2C(=O)COc2cccc(C=O)c2)cc1OC. The number of halogens is 1. The minimum absolute atomic E-state index is 0.221. The summed E-state index contributed by atoms with van der Waals surface area (Å²) in [6.07, 6.45) is 1.26. The first kappa shape index (κ1) is 23.5. The molecule has 1 unspecified atom stereocenters. The summed E-state index contributed by atoms with van der Waals surface area (Å²) < 4.78 is 17.4. The Labute approximate surface area is 206 Å². The van der Waals surface area contributed by atoms with Crippen molar-refractivity contribution in [2.24, 2.45) is 5.10 Å². The van der Waals surface area contributed by atoms with Crippen LogP contribution in [0.4, 0.5) is 0 Å². The van der Waals surface area contributed by atoms with E-state index in [9.17, 15) is 9.59 Å². The van der Waals surface area contributed by atoms with Gasteiger partial charge in [0.15, 0.2) is 18.1 Å². The molecule has 34 heavy (non-hydrogen) atoms. The topological polar surface area (TPSA) is 77.4 Å². The van der Waals surface area contributed by atoms with Crippen LogP contribution in [-0.2, 0) is 4.79 Å². The minimum Gasteiger partial charge on any atom is -0.493 e. The predicted octanol–water partition coefficient (Wildman–Crippen LogP) is 5.04. The van der Waals surface area contributed by atoms with Crippen molar-refractivity contribution in [3.05, 3.63) is 87.9 Å². The normalized spacial score (nSPS) is 15.0. The summed E-state index contributed by atoms with van der Waals surface area (Å²) in [6.45, 7) is -0.221. The zero-order valence-corrected chi connectivity index (χ0v) is 20.3. The largest absolute Gasteiger partial charge is 0.493 e. The molecule has 3 aromatic rings. The second-order valence-corrected chi connectivity index (χ2v) is 8.52. The molecule has 174 valence electrons. The first-order chi connectivity index (χ1) is 16.5. The lowest BCUT2D eigenvalue weighted by atomic mass is 9.98. The van der Waals surface area contributed by atoms with Crippen molar-refractivity contribution in [1.29, 1.82) is 0 Å². The molecule has 0 saturated heterocycles. The van der Waals surface area contributed by atoms with Crippen molar-refractivity contribution >= 4 is 33.8 Å². The highest BCUT2D eigenvalue weighted by Crippen LogP contribution is 2.37. The number of methoxy groups -OCH3 is 2. The zero-order valence-electron chi connectivity index (χ0n) is 18.7. The maximum Gasteiger partial charge on any atom is 0.281 e. The molecule has 0 bridgehead atoms. The number of hydrazone groups is 1. The molecule has 3 aromatic carbocycles. The van der Waals surface area contributed by atoms with Gasteiger partial charge in [0.2, 0.25) is 0 Å². The number of benzene rings is 3. The minimum atomic E-state index is -0.341. The summed E-state index contributed by atoms with van der Waals surface area (Å²) >= 11 is 3.50. The third-order valence-electron chi connectivity index (χ3n) is 5.47. The van der Waals surface area contributed by atoms with Crippen molar-refractivity contribution in [2.45, 2.75) is 12.5 Å². The maximum atomic E-state index is 13.2. The van der Waals surface area contributed by atoms with Crippen LogP contribution in [0.25, 0.3) is 0 Å². The zero-order chi connectivity index (χ0) is 24.1. The third kappa shape index (κ3) is 5.12. The van der Waals surface area contributed by atoms with Gasteiger partial charge in [-0.1, -0.05) is 46.3 Å². The van der Waals surface area contributed by atoms with E-state index in [1.807, 2.05) is 42.5 Å². The van der Waals surface area contributed by atoms with E-state index in [-0.39, 0.29) is 18.6 Å². The lowest BCUT2D eigenvalue weighted by Gasteiger charge is -2.23. The second-order valence-electron chi connectivity index (χ2n) is 7.61. The van der Waals surface area contributed by atoms with Gasteiger partial charge >= 0.3 is 0 Å². The third-order valence-corrected chi connectivity index (χ3v) is 5.97. The molecule has 7 nitrogen and oxygen atoms in total. The van der Waals surface area contributed by atoms with Crippen LogP contribution in [0.2, 0.25) is 0 Å². The second kappa shape index (κ2) is 10.5. The summed E-state index contributed by atoms with van der Waals surface area (Å²) in [5, 5.41) is 6.13. The van der Waals surface area contributed by atoms with Crippen molar-refractivity contribution in [3.8, 4) is 17.2 Å². The van der Waals surface area contributed by atoms with E-state index in [1.54, 1.807) is 38.5 Å². The highest BCUT2D eigenvalue weighted by molar-refractivity contribution is 9.10. The van der Waals surface area contributed by atoms with Crippen LogP contribution >= 0.6 is 15.9 Å². The molecule has 0 aliphatic carbocycles. The highest BCUT2D eigenvalue weighted by Gasteiger charge is 2.34. The summed E-state index contributed by atoms with van der Waals surface area (Å²) in [6, 6.07) is 19.7. The van der Waals surface area contributed by atoms with Gasteiger partial charge in [0.25, 0.3) is 5.91 Å². The number of aldehydes is 1. The molecule has 0 N–H and O–H groups in total. The average molecular weight is 523 g/mol. The molecular weight excluding hydrogens is 500 g/mol. The number of nitrogens with zero attached hydrogens (tertiary/aromatic N) is 2. The number of hydrogen-bond acceptors (Lipinski definition) is 6. The Morgan fingerprint density at radius 3 is 2.59 bits per heavy atom. The first-order valence-electron chi connectivity index (χ1n) is 10.6. The standard InChI is InChI=1S/C26H23BrN2O5/c1-32-24-10-9-19(13-25(24)33-2)23-14-22(18-6-4-7-20(27)12-18)28-29(23)26(31)16-34-21-8-3-5-17(11-21)15-30/h3-13,15,23H,14,16H2,1-2H3. The maximum absolute atomic E-state index is 13.2. The molecule has 0 aromatic heterocycles. The van der Waals surface area contributed by atoms with Crippen molar-refractivity contribution in [2.75, 3.05) is 20.8 Å². The molecule has 0 radical (unpaired) electrons. The Hall–Kier alpha value is -3.65. The molecular formula is C26H23BrN2O5. The van der Waals surface area contributed by atoms with Gasteiger partial charge in [-0.2, -0.15) is 5.10 Å². The van der Waals surface area contributed by atoms with E-state index in [0.717, 1.165) is 27.6 Å². The van der Waals surface area contributed by atoms with Gasteiger partial charge in [0, 0.05) is 16.5 Å². The van der Waals surface area contributed by atoms with E-state index in [1.165, 1.54) is 5.01 Å². The molecule has 0 saturated carbocycles. The van der Waals surface area contributed by atoms with Gasteiger partial charge in [-0.3, -0.25) is 9.59 Å². The Bertz CT molecular complexity index is 1240. The number of amides is 1. The summed E-state index contributed by atoms with van der Waals surface area (Å²) in [5.41, 5.74) is 3.05. The van der Waals surface area contributed by atoms with Crippen molar-refractivity contribution in [1.82, 2.24) is 5.01 Å². The lowest BCUT2D eigenvalue weighted by molar-refractivity contribution is -0.135. The van der Waals surface area contributed by atoms with Crippen LogP contribution in [0.3, 0.4) is 0 Å². The number of carbonyl (C=O) groups excluding carboxylic acids is 2. The van der Waals surface area contributed by atoms with E-state index >= 15 is 0 Å². The van der Waals surface area contributed by atoms with E-state index in [4.69, 9.17) is 14.2 Å². The Morgan fingerprint density at radius 1 is 1.06 bits per heavy atom. The molecule has 1 aliphatic rings. The summed E-state index contributed by atoms with van der Waals surface area (Å²) in [4.78, 5) is 24.3. The van der Waals surface area contributed by atoms with Gasteiger partial charge < -0.3 is 14.2 Å². The number of rotatable bonds is 8. The highest BCUT2D eigenvalue weighted by atomic mass is 79.9. The molecule has 4 rings (SSSR count). The van der Waals surface area contributed by atoms with Gasteiger partial charge in [-0.25, -0.2) is 5.01 Å². The predicted molar refractivity (Wildman–Crippen MR) is 132 cm³/mol. The first-order valence-corrected chi connectivity index (χ1v) is 11.4. The van der Waals surface area contributed by atoms with E-state index < -0.39 is 0 Å². The van der Waals surface area contributed by atoms with Crippen molar-refractivity contribution in [3.63, 3.8) is 0 Å². The Morgan fingerprint density at radius 2 is 1.85 bits per heavy atom. The number of hydrogen-bond donors (Lipinski definition) is 0. The summed E-state index contributed by atoms with van der Waals surface area (Å²) in [5.74, 6) is 1.32. The number of ether oxygens (including phenoxy) is 3. The average Bonchev–Trinajstić information content (AvgIpc) is 3.32. The molecule has 1 atom stereocenters. The monoisotopic (exact) mass is 522 g/mol. The van der Waals surface area contributed by atoms with Gasteiger partial charge in [-0.15, -0.1) is 0 Å². The van der Waals surface area contributed by atoms with Crippen LogP contribution in [0.15, 0.2) is 76.3 Å². The van der Waals surface area contributed by atoms with Crippen LogP contribution < -0.4 is 14.2 Å². The van der Waals surface area contributed by atoms with Crippen LogP contribution in [0, 0.1) is 0 Å². The molecule has 8 heteroatoms. The lowest BCUT2D eigenvalue weighted by Crippen LogP contribution is -2.31. The van der Waals surface area contributed by atoms with Crippen LogP contribution in [0.5, 0.6) is 17.2 Å². The molecule has 1 heterocycles. The Kier molecular flexibility index (Phi) is 7.27. The quantitative estimate of drug-likeness (QED) is 0.387. The Balaban J connectivity index is 1.63. The molecule has 0 spiro atoms. The molecule has 1 aliphatic heterocycles.